The van der Waals surface area contributed by atoms with Crippen molar-refractivity contribution in [3.8, 4) is 0 Å². The summed E-state index contributed by atoms with van der Waals surface area (Å²) >= 11 is 0. The van der Waals surface area contributed by atoms with Crippen molar-refractivity contribution in [3.05, 3.63) is 35.4 Å². The molecule has 3 N–H and O–H groups in total. The molecule has 4 nitrogen and oxygen atoms in total. The number of benzene rings is 1. The predicted octanol–water partition coefficient (Wildman–Crippen LogP) is 1.02. The second kappa shape index (κ2) is 8.66. The SMILES string of the molecule is Cc1cccc(CC(=O)NCCCOCCN)c1. The lowest BCUT2D eigenvalue weighted by Gasteiger charge is -2.06. The number of amides is 1. The van der Waals surface area contributed by atoms with E-state index in [1.807, 2.05) is 31.2 Å². The molecule has 0 heterocycles. The monoisotopic (exact) mass is 250 g/mol. The van der Waals surface area contributed by atoms with Gasteiger partial charge in [0.2, 0.25) is 5.91 Å². The molecule has 18 heavy (non-hydrogen) atoms. The van der Waals surface area contributed by atoms with E-state index in [2.05, 4.69) is 5.32 Å². The maximum absolute atomic E-state index is 11.6. The number of nitrogens with one attached hydrogen (secondary N) is 1. The maximum atomic E-state index is 11.6. The Labute approximate surface area is 109 Å². The molecular weight excluding hydrogens is 228 g/mol. The topological polar surface area (TPSA) is 64.3 Å². The van der Waals surface area contributed by atoms with E-state index in [0.29, 0.717) is 32.7 Å². The van der Waals surface area contributed by atoms with Crippen LogP contribution in [0.1, 0.15) is 17.5 Å². The quantitative estimate of drug-likeness (QED) is 0.677. The highest BCUT2D eigenvalue weighted by Gasteiger charge is 2.02. The van der Waals surface area contributed by atoms with Crippen molar-refractivity contribution in [1.29, 1.82) is 0 Å². The van der Waals surface area contributed by atoms with Crippen molar-refractivity contribution in [3.63, 3.8) is 0 Å². The predicted molar refractivity (Wildman–Crippen MR) is 72.4 cm³/mol. The Balaban J connectivity index is 2.14. The zero-order valence-electron chi connectivity index (χ0n) is 10.9. The van der Waals surface area contributed by atoms with Crippen LogP contribution in [0, 0.1) is 6.92 Å². The average Bonchev–Trinajstić information content (AvgIpc) is 2.33. The van der Waals surface area contributed by atoms with Gasteiger partial charge in [0.05, 0.1) is 13.0 Å². The van der Waals surface area contributed by atoms with Crippen molar-refractivity contribution < 1.29 is 9.53 Å². The van der Waals surface area contributed by atoms with Gasteiger partial charge in [0.25, 0.3) is 0 Å². The van der Waals surface area contributed by atoms with Crippen molar-refractivity contribution in [1.82, 2.24) is 5.32 Å². The number of carbonyl (C=O) groups excluding carboxylic acids is 1. The maximum Gasteiger partial charge on any atom is 0.224 e. The third-order valence-corrected chi connectivity index (χ3v) is 2.50. The Morgan fingerprint density at radius 1 is 1.39 bits per heavy atom. The first kappa shape index (κ1) is 14.7. The van der Waals surface area contributed by atoms with Crippen LogP contribution < -0.4 is 11.1 Å². The third kappa shape index (κ3) is 6.37. The summed E-state index contributed by atoms with van der Waals surface area (Å²) in [6.07, 6.45) is 1.25. The second-order valence-electron chi connectivity index (χ2n) is 4.27. The van der Waals surface area contributed by atoms with Crippen LogP contribution in [0.3, 0.4) is 0 Å². The number of ether oxygens (including phenoxy) is 1. The lowest BCUT2D eigenvalue weighted by molar-refractivity contribution is -0.120. The van der Waals surface area contributed by atoms with Gasteiger partial charge in [0.1, 0.15) is 0 Å². The fourth-order valence-electron chi connectivity index (χ4n) is 1.66. The summed E-state index contributed by atoms with van der Waals surface area (Å²) in [6.45, 7) is 4.43. The Bertz CT molecular complexity index is 367. The molecule has 0 bridgehead atoms. The molecule has 100 valence electrons. The zero-order chi connectivity index (χ0) is 13.2. The van der Waals surface area contributed by atoms with Gasteiger partial charge >= 0.3 is 0 Å². The molecule has 0 aliphatic rings. The van der Waals surface area contributed by atoms with Gasteiger partial charge < -0.3 is 15.8 Å². The van der Waals surface area contributed by atoms with E-state index < -0.39 is 0 Å². The van der Waals surface area contributed by atoms with E-state index in [-0.39, 0.29) is 5.91 Å². The fraction of sp³-hybridized carbons (Fsp3) is 0.500. The van der Waals surface area contributed by atoms with Crippen LogP contribution in [-0.4, -0.2) is 32.2 Å². The fourth-order valence-corrected chi connectivity index (χ4v) is 1.66. The number of hydrogen-bond acceptors (Lipinski definition) is 3. The molecule has 0 aliphatic carbocycles. The normalized spacial score (nSPS) is 10.3. The first-order valence-electron chi connectivity index (χ1n) is 6.32. The van der Waals surface area contributed by atoms with E-state index in [1.165, 1.54) is 5.56 Å². The number of carbonyl (C=O) groups is 1. The number of hydrogen-bond donors (Lipinski definition) is 2. The minimum absolute atomic E-state index is 0.0550. The molecule has 0 saturated carbocycles. The standard InChI is InChI=1S/C14H22N2O2/c1-12-4-2-5-13(10-12)11-14(17)16-7-3-8-18-9-6-15/h2,4-5,10H,3,6-9,11,15H2,1H3,(H,16,17). The van der Waals surface area contributed by atoms with Gasteiger partial charge in [0, 0.05) is 19.7 Å². The van der Waals surface area contributed by atoms with E-state index >= 15 is 0 Å². The van der Waals surface area contributed by atoms with E-state index in [1.54, 1.807) is 0 Å². The summed E-state index contributed by atoms with van der Waals surface area (Å²) in [5.41, 5.74) is 7.52. The highest BCUT2D eigenvalue weighted by Crippen LogP contribution is 2.04. The van der Waals surface area contributed by atoms with Gasteiger partial charge in [-0.1, -0.05) is 29.8 Å². The summed E-state index contributed by atoms with van der Waals surface area (Å²) in [4.78, 5) is 11.6. The van der Waals surface area contributed by atoms with Gasteiger partial charge in [-0.3, -0.25) is 4.79 Å². The van der Waals surface area contributed by atoms with Crippen molar-refractivity contribution in [2.24, 2.45) is 5.73 Å². The number of rotatable bonds is 8. The van der Waals surface area contributed by atoms with Crippen molar-refractivity contribution in [2.75, 3.05) is 26.3 Å². The van der Waals surface area contributed by atoms with Gasteiger partial charge in [-0.05, 0) is 18.9 Å². The minimum Gasteiger partial charge on any atom is -0.380 e. The summed E-state index contributed by atoms with van der Waals surface area (Å²) in [5, 5.41) is 2.88. The van der Waals surface area contributed by atoms with Crippen molar-refractivity contribution in [2.45, 2.75) is 19.8 Å². The molecule has 0 fully saturated rings. The largest absolute Gasteiger partial charge is 0.380 e. The zero-order valence-corrected chi connectivity index (χ0v) is 10.9. The van der Waals surface area contributed by atoms with E-state index in [9.17, 15) is 4.79 Å². The molecule has 1 aromatic carbocycles. The molecule has 1 aromatic rings. The van der Waals surface area contributed by atoms with Crippen molar-refractivity contribution >= 4 is 5.91 Å². The van der Waals surface area contributed by atoms with Crippen LogP contribution in [0.2, 0.25) is 0 Å². The van der Waals surface area contributed by atoms with Gasteiger partial charge in [-0.25, -0.2) is 0 Å². The number of nitrogens with two attached hydrogens (primary N) is 1. The molecule has 0 spiro atoms. The van der Waals surface area contributed by atoms with E-state index in [0.717, 1.165) is 12.0 Å². The molecule has 0 aromatic heterocycles. The Morgan fingerprint density at radius 3 is 2.94 bits per heavy atom. The molecule has 0 aliphatic heterocycles. The summed E-state index contributed by atoms with van der Waals surface area (Å²) in [5.74, 6) is 0.0550. The Morgan fingerprint density at radius 2 is 2.22 bits per heavy atom. The molecule has 0 saturated heterocycles. The first-order valence-corrected chi connectivity index (χ1v) is 6.32. The molecule has 4 heteroatoms. The second-order valence-corrected chi connectivity index (χ2v) is 4.27. The molecule has 0 radical (unpaired) electrons. The summed E-state index contributed by atoms with van der Waals surface area (Å²) < 4.78 is 5.22. The van der Waals surface area contributed by atoms with Crippen LogP contribution in [0.5, 0.6) is 0 Å². The lowest BCUT2D eigenvalue weighted by Crippen LogP contribution is -2.27. The highest BCUT2D eigenvalue weighted by molar-refractivity contribution is 5.78. The third-order valence-electron chi connectivity index (χ3n) is 2.50. The van der Waals surface area contributed by atoms with Gasteiger partial charge in [-0.2, -0.15) is 0 Å². The van der Waals surface area contributed by atoms with Crippen LogP contribution in [0.25, 0.3) is 0 Å². The lowest BCUT2D eigenvalue weighted by atomic mass is 10.1. The molecule has 0 unspecified atom stereocenters. The summed E-state index contributed by atoms with van der Waals surface area (Å²) in [6, 6.07) is 8.00. The first-order chi connectivity index (χ1) is 8.72. The van der Waals surface area contributed by atoms with Gasteiger partial charge in [0.15, 0.2) is 0 Å². The Kier molecular flexibility index (Phi) is 7.06. The summed E-state index contributed by atoms with van der Waals surface area (Å²) in [7, 11) is 0. The average molecular weight is 250 g/mol. The van der Waals surface area contributed by atoms with E-state index in [4.69, 9.17) is 10.5 Å². The molecule has 0 atom stereocenters. The van der Waals surface area contributed by atoms with Gasteiger partial charge in [-0.15, -0.1) is 0 Å². The minimum atomic E-state index is 0.0550. The smallest absolute Gasteiger partial charge is 0.224 e. The molecule has 1 amide bonds. The van der Waals surface area contributed by atoms with Crippen LogP contribution in [0.4, 0.5) is 0 Å². The highest BCUT2D eigenvalue weighted by atomic mass is 16.5. The molecular formula is C14H22N2O2. The van der Waals surface area contributed by atoms with Crippen LogP contribution >= 0.6 is 0 Å². The van der Waals surface area contributed by atoms with Crippen LogP contribution in [-0.2, 0) is 16.0 Å². The van der Waals surface area contributed by atoms with Crippen LogP contribution in [0.15, 0.2) is 24.3 Å². The molecule has 1 rings (SSSR count). The Hall–Kier alpha value is -1.39. The number of aryl methyl sites for hydroxylation is 1.